The van der Waals surface area contributed by atoms with Crippen molar-refractivity contribution in [3.8, 4) is 5.88 Å². The van der Waals surface area contributed by atoms with E-state index in [0.717, 1.165) is 12.8 Å². The zero-order chi connectivity index (χ0) is 17.2. The van der Waals surface area contributed by atoms with E-state index in [4.69, 9.17) is 4.74 Å². The molecule has 0 bridgehead atoms. The molecule has 3 aromatic heterocycles. The Morgan fingerprint density at radius 3 is 2.88 bits per heavy atom. The molecule has 128 valence electrons. The smallest absolute Gasteiger partial charge is 0.259 e. The minimum Gasteiger partial charge on any atom is -0.474 e. The fourth-order valence-corrected chi connectivity index (χ4v) is 3.07. The molecule has 0 radical (unpaired) electrons. The highest BCUT2D eigenvalue weighted by Crippen LogP contribution is 2.23. The highest BCUT2D eigenvalue weighted by atomic mass is 16.5. The molecule has 3 aromatic rings. The summed E-state index contributed by atoms with van der Waals surface area (Å²) in [5.74, 6) is 0.356. The highest BCUT2D eigenvalue weighted by Gasteiger charge is 2.17. The molecule has 7 heteroatoms. The quantitative estimate of drug-likeness (QED) is 0.791. The summed E-state index contributed by atoms with van der Waals surface area (Å²) in [4.78, 5) is 21.2. The topological polar surface area (TPSA) is 81.4 Å². The summed E-state index contributed by atoms with van der Waals surface area (Å²) in [6, 6.07) is 5.38. The number of carbonyl (C=O) groups excluding carboxylic acids is 1. The molecular weight excluding hydrogens is 318 g/mol. The standard InChI is InChI=1S/C18H19N5O2/c1-12-15(11-23-16(21-12)8-9-20-23)18(24)22-13-6-7-17(19-10-13)25-14-4-2-3-5-14/h6-11,14H,2-5H2,1H3,(H,22,24). The number of amides is 1. The van der Waals surface area contributed by atoms with Crippen LogP contribution in [-0.4, -0.2) is 31.6 Å². The lowest BCUT2D eigenvalue weighted by Gasteiger charge is -2.12. The van der Waals surface area contributed by atoms with Gasteiger partial charge in [-0.1, -0.05) is 0 Å². The van der Waals surface area contributed by atoms with Gasteiger partial charge in [0.15, 0.2) is 5.65 Å². The van der Waals surface area contributed by atoms with Gasteiger partial charge in [-0.2, -0.15) is 5.10 Å². The normalized spacial score (nSPS) is 14.8. The maximum atomic E-state index is 12.5. The molecule has 1 amide bonds. The first-order valence-electron chi connectivity index (χ1n) is 8.44. The van der Waals surface area contributed by atoms with Gasteiger partial charge in [0.1, 0.15) is 6.10 Å². The van der Waals surface area contributed by atoms with Crippen molar-refractivity contribution in [2.45, 2.75) is 38.7 Å². The van der Waals surface area contributed by atoms with Gasteiger partial charge in [-0.3, -0.25) is 4.79 Å². The van der Waals surface area contributed by atoms with Crippen LogP contribution in [0.1, 0.15) is 41.7 Å². The first-order valence-corrected chi connectivity index (χ1v) is 8.44. The van der Waals surface area contributed by atoms with Gasteiger partial charge in [-0.05, 0) is 38.7 Å². The maximum absolute atomic E-state index is 12.5. The number of anilines is 1. The van der Waals surface area contributed by atoms with Gasteiger partial charge in [0.25, 0.3) is 5.91 Å². The number of pyridine rings is 1. The zero-order valence-electron chi connectivity index (χ0n) is 14.0. The number of nitrogens with zero attached hydrogens (tertiary/aromatic N) is 4. The summed E-state index contributed by atoms with van der Waals surface area (Å²) in [6.07, 6.45) is 9.80. The molecule has 0 aliphatic heterocycles. The Bertz CT molecular complexity index is 897. The molecule has 1 N–H and O–H groups in total. The molecule has 0 atom stereocenters. The fraction of sp³-hybridized carbons (Fsp3) is 0.333. The number of hydrogen-bond donors (Lipinski definition) is 1. The van der Waals surface area contributed by atoms with Crippen LogP contribution in [0.3, 0.4) is 0 Å². The third-order valence-electron chi connectivity index (χ3n) is 4.40. The Hall–Kier alpha value is -2.96. The van der Waals surface area contributed by atoms with Crippen molar-refractivity contribution in [2.24, 2.45) is 0 Å². The van der Waals surface area contributed by atoms with Gasteiger partial charge in [-0.15, -0.1) is 0 Å². The van der Waals surface area contributed by atoms with E-state index >= 15 is 0 Å². The minimum absolute atomic E-state index is 0.242. The Morgan fingerprint density at radius 1 is 1.28 bits per heavy atom. The van der Waals surface area contributed by atoms with Crippen LogP contribution in [0.4, 0.5) is 5.69 Å². The van der Waals surface area contributed by atoms with Crippen LogP contribution in [0.25, 0.3) is 5.65 Å². The van der Waals surface area contributed by atoms with Crippen molar-refractivity contribution < 1.29 is 9.53 Å². The highest BCUT2D eigenvalue weighted by molar-refractivity contribution is 6.04. The van der Waals surface area contributed by atoms with Crippen molar-refractivity contribution in [3.05, 3.63) is 48.0 Å². The Labute approximate surface area is 145 Å². The molecular formula is C18H19N5O2. The SMILES string of the molecule is Cc1nc2ccnn2cc1C(=O)Nc1ccc(OC2CCCC2)nc1. The molecule has 0 aromatic carbocycles. The van der Waals surface area contributed by atoms with Gasteiger partial charge in [0.2, 0.25) is 5.88 Å². The molecule has 1 fully saturated rings. The van der Waals surface area contributed by atoms with Crippen molar-refractivity contribution in [2.75, 3.05) is 5.32 Å². The molecule has 1 saturated carbocycles. The van der Waals surface area contributed by atoms with Gasteiger partial charge in [0.05, 0.1) is 29.3 Å². The first-order chi connectivity index (χ1) is 12.2. The van der Waals surface area contributed by atoms with Gasteiger partial charge >= 0.3 is 0 Å². The fourth-order valence-electron chi connectivity index (χ4n) is 3.07. The first kappa shape index (κ1) is 15.6. The number of ether oxygens (including phenoxy) is 1. The summed E-state index contributed by atoms with van der Waals surface area (Å²) in [7, 11) is 0. The summed E-state index contributed by atoms with van der Waals surface area (Å²) in [5, 5.41) is 6.95. The molecule has 3 heterocycles. The molecule has 4 rings (SSSR count). The van der Waals surface area contributed by atoms with E-state index < -0.39 is 0 Å². The van der Waals surface area contributed by atoms with E-state index in [1.807, 2.05) is 0 Å². The molecule has 1 aliphatic carbocycles. The largest absolute Gasteiger partial charge is 0.474 e. The molecule has 1 aliphatic rings. The predicted octanol–water partition coefficient (Wildman–Crippen LogP) is 3.01. The van der Waals surface area contributed by atoms with E-state index in [9.17, 15) is 4.79 Å². The van der Waals surface area contributed by atoms with E-state index in [0.29, 0.717) is 28.5 Å². The second-order valence-corrected chi connectivity index (χ2v) is 6.24. The van der Waals surface area contributed by atoms with E-state index in [1.165, 1.54) is 12.8 Å². The number of carbonyl (C=O) groups is 1. The van der Waals surface area contributed by atoms with Crippen LogP contribution in [0.15, 0.2) is 36.8 Å². The van der Waals surface area contributed by atoms with E-state index in [-0.39, 0.29) is 12.0 Å². The van der Waals surface area contributed by atoms with Crippen LogP contribution < -0.4 is 10.1 Å². The van der Waals surface area contributed by atoms with Crippen molar-refractivity contribution in [3.63, 3.8) is 0 Å². The summed E-state index contributed by atoms with van der Waals surface area (Å²) >= 11 is 0. The third-order valence-corrected chi connectivity index (χ3v) is 4.40. The maximum Gasteiger partial charge on any atom is 0.259 e. The van der Waals surface area contributed by atoms with E-state index in [1.54, 1.807) is 48.2 Å². The Kier molecular flexibility index (Phi) is 4.05. The van der Waals surface area contributed by atoms with Crippen LogP contribution in [0, 0.1) is 6.92 Å². The number of aromatic nitrogens is 4. The van der Waals surface area contributed by atoms with Gasteiger partial charge in [-0.25, -0.2) is 14.5 Å². The molecule has 0 saturated heterocycles. The van der Waals surface area contributed by atoms with Gasteiger partial charge in [0, 0.05) is 18.3 Å². The lowest BCUT2D eigenvalue weighted by molar-refractivity contribution is 0.102. The zero-order valence-corrected chi connectivity index (χ0v) is 14.0. The van der Waals surface area contributed by atoms with Crippen molar-refractivity contribution in [1.82, 2.24) is 19.6 Å². The lowest BCUT2D eigenvalue weighted by Crippen LogP contribution is -2.16. The lowest BCUT2D eigenvalue weighted by atomic mass is 10.2. The third kappa shape index (κ3) is 3.31. The van der Waals surface area contributed by atoms with Crippen LogP contribution in [0.5, 0.6) is 5.88 Å². The predicted molar refractivity (Wildman–Crippen MR) is 92.8 cm³/mol. The Balaban J connectivity index is 1.46. The van der Waals surface area contributed by atoms with Gasteiger partial charge < -0.3 is 10.1 Å². The minimum atomic E-state index is -0.242. The van der Waals surface area contributed by atoms with Crippen LogP contribution in [0.2, 0.25) is 0 Å². The Morgan fingerprint density at radius 2 is 2.12 bits per heavy atom. The van der Waals surface area contributed by atoms with Crippen LogP contribution in [-0.2, 0) is 0 Å². The molecule has 25 heavy (non-hydrogen) atoms. The monoisotopic (exact) mass is 337 g/mol. The second kappa shape index (κ2) is 6.51. The number of rotatable bonds is 4. The summed E-state index contributed by atoms with van der Waals surface area (Å²) < 4.78 is 7.41. The summed E-state index contributed by atoms with van der Waals surface area (Å²) in [6.45, 7) is 1.80. The van der Waals surface area contributed by atoms with E-state index in [2.05, 4.69) is 20.4 Å². The molecule has 0 spiro atoms. The van der Waals surface area contributed by atoms with Crippen molar-refractivity contribution >= 4 is 17.2 Å². The number of nitrogens with one attached hydrogen (secondary N) is 1. The average Bonchev–Trinajstić information content (AvgIpc) is 3.27. The number of fused-ring (bicyclic) bond motifs is 1. The molecule has 0 unspecified atom stereocenters. The number of aryl methyl sites for hydroxylation is 1. The summed E-state index contributed by atoms with van der Waals surface area (Å²) in [5.41, 5.74) is 2.45. The number of hydrogen-bond acceptors (Lipinski definition) is 5. The average molecular weight is 337 g/mol. The van der Waals surface area contributed by atoms with Crippen molar-refractivity contribution in [1.29, 1.82) is 0 Å². The van der Waals surface area contributed by atoms with Crippen LogP contribution >= 0.6 is 0 Å². The molecule has 7 nitrogen and oxygen atoms in total. The second-order valence-electron chi connectivity index (χ2n) is 6.24.